The van der Waals surface area contributed by atoms with Crippen LogP contribution in [0.15, 0.2) is 53.1 Å². The molecule has 0 aliphatic rings. The van der Waals surface area contributed by atoms with Crippen LogP contribution in [0.1, 0.15) is 40.3 Å². The number of nitrogens with zero attached hydrogens (tertiary/aromatic N) is 3. The number of hydrogen-bond donors (Lipinski definition) is 2. The van der Waals surface area contributed by atoms with E-state index in [2.05, 4.69) is 36.5 Å². The summed E-state index contributed by atoms with van der Waals surface area (Å²) in [6.45, 7) is 2.12. The highest BCUT2D eigenvalue weighted by Crippen LogP contribution is 2.18. The van der Waals surface area contributed by atoms with Crippen LogP contribution in [0, 0.1) is 23.0 Å². The number of hydrogen-bond acceptors (Lipinski definition) is 5. The van der Waals surface area contributed by atoms with E-state index < -0.39 is 23.6 Å². The number of benzene rings is 2. The van der Waals surface area contributed by atoms with Crippen molar-refractivity contribution >= 4 is 27.7 Å². The summed E-state index contributed by atoms with van der Waals surface area (Å²) < 4.78 is 27.7. The minimum absolute atomic E-state index is 0.0101. The summed E-state index contributed by atoms with van der Waals surface area (Å²) in [5.41, 5.74) is 1.42. The van der Waals surface area contributed by atoms with Crippen LogP contribution in [0.4, 0.5) is 14.6 Å². The van der Waals surface area contributed by atoms with Crippen molar-refractivity contribution in [3.63, 3.8) is 0 Å². The molecule has 9 heteroatoms. The summed E-state index contributed by atoms with van der Waals surface area (Å²) in [5, 5.41) is 14.9. The maximum atomic E-state index is 13.5. The van der Waals surface area contributed by atoms with Gasteiger partial charge in [-0.05, 0) is 48.7 Å². The Morgan fingerprint density at radius 3 is 2.61 bits per heavy atom. The van der Waals surface area contributed by atoms with E-state index in [9.17, 15) is 13.6 Å². The summed E-state index contributed by atoms with van der Waals surface area (Å²) in [5.74, 6) is -2.33. The monoisotopic (exact) mass is 485 g/mol. The standard InChI is InChI=1S/C22H18BrF2N5O/c1-13(15-4-7-18(24)19(25)10-15)29-22(31)20-21(28-12-17(11-26)30-20)27-9-8-14-2-5-16(23)6-3-14/h2-7,10,12-13H,8-9H2,1H3,(H,27,28)(H,29,31)/t13-/m0/s1. The van der Waals surface area contributed by atoms with Crippen LogP contribution in [0.5, 0.6) is 0 Å². The van der Waals surface area contributed by atoms with Crippen LogP contribution in [-0.2, 0) is 6.42 Å². The fourth-order valence-electron chi connectivity index (χ4n) is 2.84. The largest absolute Gasteiger partial charge is 0.368 e. The molecule has 0 bridgehead atoms. The molecule has 158 valence electrons. The molecule has 1 heterocycles. The molecule has 3 rings (SSSR count). The lowest BCUT2D eigenvalue weighted by atomic mass is 10.1. The quantitative estimate of drug-likeness (QED) is 0.512. The van der Waals surface area contributed by atoms with E-state index in [0.717, 1.165) is 22.2 Å². The predicted octanol–water partition coefficient (Wildman–Crippen LogP) is 4.53. The third-order valence-electron chi connectivity index (χ3n) is 4.51. The van der Waals surface area contributed by atoms with Gasteiger partial charge in [0.1, 0.15) is 6.07 Å². The molecule has 0 saturated carbocycles. The molecule has 0 spiro atoms. The topological polar surface area (TPSA) is 90.7 Å². The van der Waals surface area contributed by atoms with Gasteiger partial charge in [0, 0.05) is 11.0 Å². The van der Waals surface area contributed by atoms with E-state index in [1.165, 1.54) is 12.3 Å². The van der Waals surface area contributed by atoms with E-state index >= 15 is 0 Å². The molecular formula is C22H18BrF2N5O. The molecule has 1 amide bonds. The first-order chi connectivity index (χ1) is 14.9. The molecule has 3 aromatic rings. The Balaban J connectivity index is 1.73. The summed E-state index contributed by atoms with van der Waals surface area (Å²) in [7, 11) is 0. The lowest BCUT2D eigenvalue weighted by Crippen LogP contribution is -2.29. The highest BCUT2D eigenvalue weighted by Gasteiger charge is 2.19. The summed E-state index contributed by atoms with van der Waals surface area (Å²) in [6.07, 6.45) is 1.96. The number of carbonyl (C=O) groups excluding carboxylic acids is 1. The Bertz CT molecular complexity index is 1130. The van der Waals surface area contributed by atoms with Gasteiger partial charge in [0.2, 0.25) is 0 Å². The molecule has 6 nitrogen and oxygen atoms in total. The lowest BCUT2D eigenvalue weighted by molar-refractivity contribution is 0.0935. The number of nitrogens with one attached hydrogen (secondary N) is 2. The van der Waals surface area contributed by atoms with Crippen LogP contribution < -0.4 is 10.6 Å². The van der Waals surface area contributed by atoms with Crippen molar-refractivity contribution in [2.24, 2.45) is 0 Å². The van der Waals surface area contributed by atoms with Crippen LogP contribution in [0.2, 0.25) is 0 Å². The summed E-state index contributed by atoms with van der Waals surface area (Å²) in [6, 6.07) is 12.5. The molecule has 1 atom stereocenters. The second-order valence-corrected chi connectivity index (χ2v) is 7.65. The molecule has 0 aliphatic heterocycles. The number of anilines is 1. The van der Waals surface area contributed by atoms with Gasteiger partial charge in [-0.25, -0.2) is 18.7 Å². The van der Waals surface area contributed by atoms with Crippen molar-refractivity contribution < 1.29 is 13.6 Å². The third-order valence-corrected chi connectivity index (χ3v) is 5.04. The van der Waals surface area contributed by atoms with Crippen molar-refractivity contribution in [1.82, 2.24) is 15.3 Å². The minimum Gasteiger partial charge on any atom is -0.368 e. The first-order valence-electron chi connectivity index (χ1n) is 9.38. The average molecular weight is 486 g/mol. The number of carbonyl (C=O) groups is 1. The molecule has 1 aromatic heterocycles. The number of halogens is 3. The van der Waals surface area contributed by atoms with Crippen LogP contribution in [-0.4, -0.2) is 22.4 Å². The number of aromatic nitrogens is 2. The Morgan fingerprint density at radius 1 is 1.19 bits per heavy atom. The molecule has 0 fully saturated rings. The zero-order valence-electron chi connectivity index (χ0n) is 16.5. The maximum Gasteiger partial charge on any atom is 0.274 e. The van der Waals surface area contributed by atoms with Gasteiger partial charge < -0.3 is 10.6 Å². The Morgan fingerprint density at radius 2 is 1.94 bits per heavy atom. The smallest absolute Gasteiger partial charge is 0.274 e. The van der Waals surface area contributed by atoms with Crippen molar-refractivity contribution in [2.45, 2.75) is 19.4 Å². The fourth-order valence-corrected chi connectivity index (χ4v) is 3.10. The van der Waals surface area contributed by atoms with E-state index in [1.807, 2.05) is 30.3 Å². The second kappa shape index (κ2) is 10.1. The molecule has 0 saturated heterocycles. The van der Waals surface area contributed by atoms with E-state index in [1.54, 1.807) is 6.92 Å². The van der Waals surface area contributed by atoms with Crippen molar-refractivity contribution in [2.75, 3.05) is 11.9 Å². The Hall–Kier alpha value is -3.38. The third kappa shape index (κ3) is 5.83. The average Bonchev–Trinajstić information content (AvgIpc) is 2.77. The highest BCUT2D eigenvalue weighted by molar-refractivity contribution is 9.10. The van der Waals surface area contributed by atoms with Crippen LogP contribution >= 0.6 is 15.9 Å². The summed E-state index contributed by atoms with van der Waals surface area (Å²) >= 11 is 3.39. The van der Waals surface area contributed by atoms with Gasteiger partial charge in [0.15, 0.2) is 28.8 Å². The SMILES string of the molecule is C[C@H](NC(=O)c1nc(C#N)cnc1NCCc1ccc(Br)cc1)c1ccc(F)c(F)c1. The number of nitriles is 1. The first-order valence-corrected chi connectivity index (χ1v) is 10.2. The van der Waals surface area contributed by atoms with Crippen LogP contribution in [0.25, 0.3) is 0 Å². The Kier molecular flexibility index (Phi) is 7.26. The molecule has 2 aromatic carbocycles. The number of amides is 1. The van der Waals surface area contributed by atoms with Gasteiger partial charge >= 0.3 is 0 Å². The Labute approximate surface area is 186 Å². The van der Waals surface area contributed by atoms with Crippen molar-refractivity contribution in [3.8, 4) is 6.07 Å². The number of rotatable bonds is 7. The first kappa shape index (κ1) is 22.3. The normalized spacial score (nSPS) is 11.5. The molecule has 31 heavy (non-hydrogen) atoms. The summed E-state index contributed by atoms with van der Waals surface area (Å²) in [4.78, 5) is 21.0. The lowest BCUT2D eigenvalue weighted by Gasteiger charge is -2.16. The zero-order chi connectivity index (χ0) is 22.4. The van der Waals surface area contributed by atoms with Gasteiger partial charge in [-0.1, -0.05) is 34.1 Å². The van der Waals surface area contributed by atoms with E-state index in [4.69, 9.17) is 5.26 Å². The van der Waals surface area contributed by atoms with E-state index in [0.29, 0.717) is 18.5 Å². The van der Waals surface area contributed by atoms with Crippen LogP contribution in [0.3, 0.4) is 0 Å². The predicted molar refractivity (Wildman–Crippen MR) is 115 cm³/mol. The zero-order valence-corrected chi connectivity index (χ0v) is 18.1. The maximum absolute atomic E-state index is 13.5. The van der Waals surface area contributed by atoms with Gasteiger partial charge in [-0.15, -0.1) is 0 Å². The van der Waals surface area contributed by atoms with Gasteiger partial charge in [-0.2, -0.15) is 5.26 Å². The minimum atomic E-state index is -1.000. The van der Waals surface area contributed by atoms with Crippen molar-refractivity contribution in [3.05, 3.63) is 87.3 Å². The highest BCUT2D eigenvalue weighted by atomic mass is 79.9. The molecule has 0 unspecified atom stereocenters. The fraction of sp³-hybridized carbons (Fsp3) is 0.182. The van der Waals surface area contributed by atoms with Crippen molar-refractivity contribution in [1.29, 1.82) is 5.26 Å². The molecule has 2 N–H and O–H groups in total. The molecule has 0 radical (unpaired) electrons. The second-order valence-electron chi connectivity index (χ2n) is 6.74. The van der Waals surface area contributed by atoms with E-state index in [-0.39, 0.29) is 17.2 Å². The molecular weight excluding hydrogens is 468 g/mol. The van der Waals surface area contributed by atoms with Gasteiger partial charge in [0.25, 0.3) is 5.91 Å². The van der Waals surface area contributed by atoms with Gasteiger partial charge in [-0.3, -0.25) is 4.79 Å². The molecule has 0 aliphatic carbocycles. The van der Waals surface area contributed by atoms with Gasteiger partial charge in [0.05, 0.1) is 12.2 Å².